The Labute approximate surface area is 110 Å². The molecule has 0 aliphatic carbocycles. The molecule has 2 atom stereocenters. The first-order valence-corrected chi connectivity index (χ1v) is 6.53. The topological polar surface area (TPSA) is 88.9 Å². The Morgan fingerprint density at radius 1 is 1.47 bits per heavy atom. The minimum absolute atomic E-state index is 0.114. The van der Waals surface area contributed by atoms with Crippen LogP contribution in [0.1, 0.15) is 25.2 Å². The van der Waals surface area contributed by atoms with Gasteiger partial charge in [-0.05, 0) is 13.0 Å². The van der Waals surface area contributed by atoms with Gasteiger partial charge in [0.05, 0.1) is 19.1 Å². The lowest BCUT2D eigenvalue weighted by molar-refractivity contribution is 0.184. The van der Waals surface area contributed by atoms with Crippen LogP contribution in [0.15, 0.2) is 16.9 Å². The third-order valence-corrected chi connectivity index (χ3v) is 3.21. The van der Waals surface area contributed by atoms with Gasteiger partial charge >= 0.3 is 0 Å². The van der Waals surface area contributed by atoms with E-state index in [9.17, 15) is 0 Å². The van der Waals surface area contributed by atoms with Crippen molar-refractivity contribution in [1.82, 2.24) is 25.4 Å². The van der Waals surface area contributed by atoms with Crippen molar-refractivity contribution in [3.63, 3.8) is 0 Å². The van der Waals surface area contributed by atoms with Crippen LogP contribution in [0, 0.1) is 0 Å². The number of aromatic amines is 1. The van der Waals surface area contributed by atoms with E-state index in [1.54, 1.807) is 12.4 Å². The molecule has 102 valence electrons. The summed E-state index contributed by atoms with van der Waals surface area (Å²) in [4.78, 5) is 11.5. The Balaban J connectivity index is 1.75. The third-order valence-electron chi connectivity index (χ3n) is 3.21. The average Bonchev–Trinajstić information content (AvgIpc) is 3.14. The van der Waals surface area contributed by atoms with Crippen LogP contribution in [0.2, 0.25) is 0 Å². The molecule has 0 spiro atoms. The van der Waals surface area contributed by atoms with E-state index in [0.29, 0.717) is 30.8 Å². The van der Waals surface area contributed by atoms with E-state index in [0.717, 1.165) is 13.0 Å². The van der Waals surface area contributed by atoms with Crippen LogP contribution in [0.3, 0.4) is 0 Å². The van der Waals surface area contributed by atoms with Gasteiger partial charge in [0.1, 0.15) is 0 Å². The van der Waals surface area contributed by atoms with Crippen LogP contribution in [0.25, 0.3) is 11.6 Å². The molecule has 1 aliphatic heterocycles. The molecule has 7 nitrogen and oxygen atoms in total. The predicted molar refractivity (Wildman–Crippen MR) is 67.5 cm³/mol. The molecular weight excluding hydrogens is 246 g/mol. The second-order valence-corrected chi connectivity index (χ2v) is 4.60. The monoisotopic (exact) mass is 263 g/mol. The van der Waals surface area contributed by atoms with Gasteiger partial charge in [-0.25, -0.2) is 4.98 Å². The van der Waals surface area contributed by atoms with Crippen LogP contribution in [-0.2, 0) is 4.74 Å². The highest BCUT2D eigenvalue weighted by Crippen LogP contribution is 2.25. The van der Waals surface area contributed by atoms with Crippen LogP contribution in [0.4, 0.5) is 0 Å². The van der Waals surface area contributed by atoms with Gasteiger partial charge in [0, 0.05) is 18.4 Å². The average molecular weight is 263 g/mol. The molecular formula is C12H17N5O2. The van der Waals surface area contributed by atoms with E-state index < -0.39 is 0 Å². The number of nitrogens with one attached hydrogen (secondary N) is 2. The van der Waals surface area contributed by atoms with E-state index in [1.807, 2.05) is 0 Å². The Kier molecular flexibility index (Phi) is 3.56. The molecule has 2 N–H and O–H groups in total. The van der Waals surface area contributed by atoms with Crippen molar-refractivity contribution in [1.29, 1.82) is 0 Å². The quantitative estimate of drug-likeness (QED) is 0.834. The van der Waals surface area contributed by atoms with Crippen molar-refractivity contribution < 1.29 is 9.26 Å². The first-order chi connectivity index (χ1) is 9.38. The lowest BCUT2D eigenvalue weighted by atomic mass is 10.0. The van der Waals surface area contributed by atoms with E-state index in [1.165, 1.54) is 0 Å². The maximum atomic E-state index is 5.51. The van der Waals surface area contributed by atoms with E-state index in [-0.39, 0.29) is 12.0 Å². The summed E-state index contributed by atoms with van der Waals surface area (Å²) in [5, 5.41) is 7.40. The van der Waals surface area contributed by atoms with Gasteiger partial charge in [-0.1, -0.05) is 12.1 Å². The highest BCUT2D eigenvalue weighted by Gasteiger charge is 2.33. The molecule has 19 heavy (non-hydrogen) atoms. The number of aromatic nitrogens is 4. The van der Waals surface area contributed by atoms with Gasteiger partial charge < -0.3 is 19.6 Å². The van der Waals surface area contributed by atoms with Crippen molar-refractivity contribution >= 4 is 0 Å². The first kappa shape index (κ1) is 12.3. The summed E-state index contributed by atoms with van der Waals surface area (Å²) in [5.74, 6) is 1.83. The summed E-state index contributed by atoms with van der Waals surface area (Å²) in [5.41, 5.74) is 0. The molecule has 0 amide bonds. The van der Waals surface area contributed by atoms with Gasteiger partial charge in [-0.15, -0.1) is 0 Å². The molecule has 3 rings (SSSR count). The maximum absolute atomic E-state index is 5.51. The first-order valence-electron chi connectivity index (χ1n) is 6.53. The zero-order valence-electron chi connectivity index (χ0n) is 10.8. The van der Waals surface area contributed by atoms with Crippen LogP contribution in [0.5, 0.6) is 0 Å². The highest BCUT2D eigenvalue weighted by atomic mass is 16.5. The fourth-order valence-electron chi connectivity index (χ4n) is 2.20. The SMILES string of the molecule is CCCNC1COCC1c1nc(-c2ncc[nH]2)no1. The van der Waals surface area contributed by atoms with Gasteiger partial charge in [0.2, 0.25) is 11.7 Å². The van der Waals surface area contributed by atoms with Crippen LogP contribution in [-0.4, -0.2) is 45.9 Å². The summed E-state index contributed by atoms with van der Waals surface area (Å²) >= 11 is 0. The Morgan fingerprint density at radius 2 is 2.42 bits per heavy atom. The molecule has 0 aromatic carbocycles. The number of H-pyrrole nitrogens is 1. The molecule has 0 radical (unpaired) electrons. The van der Waals surface area contributed by atoms with Gasteiger partial charge in [-0.3, -0.25) is 0 Å². The Hall–Kier alpha value is -1.73. The smallest absolute Gasteiger partial charge is 0.238 e. The molecule has 2 aromatic rings. The summed E-state index contributed by atoms with van der Waals surface area (Å²) in [6.07, 6.45) is 4.48. The van der Waals surface area contributed by atoms with E-state index in [2.05, 4.69) is 32.3 Å². The number of ether oxygens (including phenoxy) is 1. The lowest BCUT2D eigenvalue weighted by Gasteiger charge is -2.14. The third kappa shape index (κ3) is 2.52. The fourth-order valence-corrected chi connectivity index (χ4v) is 2.20. The van der Waals surface area contributed by atoms with Crippen molar-refractivity contribution in [3.8, 4) is 11.6 Å². The molecule has 1 saturated heterocycles. The number of hydrogen-bond acceptors (Lipinski definition) is 6. The molecule has 0 saturated carbocycles. The molecule has 1 fully saturated rings. The summed E-state index contributed by atoms with van der Waals surface area (Å²) in [7, 11) is 0. The second-order valence-electron chi connectivity index (χ2n) is 4.60. The highest BCUT2D eigenvalue weighted by molar-refractivity contribution is 5.41. The molecule has 0 bridgehead atoms. The summed E-state index contributed by atoms with van der Waals surface area (Å²) in [6, 6.07) is 0.241. The molecule has 2 aromatic heterocycles. The normalized spacial score (nSPS) is 23.0. The zero-order chi connectivity index (χ0) is 13.1. The predicted octanol–water partition coefficient (Wildman–Crippen LogP) is 0.942. The fraction of sp³-hybridized carbons (Fsp3) is 0.583. The van der Waals surface area contributed by atoms with Crippen molar-refractivity contribution in [2.45, 2.75) is 25.3 Å². The van der Waals surface area contributed by atoms with Gasteiger partial charge in [-0.2, -0.15) is 4.98 Å². The number of hydrogen-bond donors (Lipinski definition) is 2. The summed E-state index contributed by atoms with van der Waals surface area (Å²) in [6.45, 7) is 4.40. The number of rotatable bonds is 5. The van der Waals surface area contributed by atoms with Gasteiger partial charge in [0.25, 0.3) is 0 Å². The minimum atomic E-state index is 0.114. The van der Waals surface area contributed by atoms with Crippen LogP contribution < -0.4 is 5.32 Å². The zero-order valence-corrected chi connectivity index (χ0v) is 10.8. The molecule has 3 heterocycles. The Bertz CT molecular complexity index is 510. The minimum Gasteiger partial charge on any atom is -0.379 e. The standard InChI is InChI=1S/C12H17N5O2/c1-2-3-13-9-7-18-6-8(9)12-16-11(17-19-12)10-14-4-5-15-10/h4-5,8-9,13H,2-3,6-7H2,1H3,(H,14,15). The number of nitrogens with zero attached hydrogens (tertiary/aromatic N) is 3. The Morgan fingerprint density at radius 3 is 3.21 bits per heavy atom. The second kappa shape index (κ2) is 5.50. The van der Waals surface area contributed by atoms with E-state index >= 15 is 0 Å². The van der Waals surface area contributed by atoms with Crippen molar-refractivity contribution in [2.24, 2.45) is 0 Å². The summed E-state index contributed by atoms with van der Waals surface area (Å²) < 4.78 is 10.8. The van der Waals surface area contributed by atoms with Crippen molar-refractivity contribution in [2.75, 3.05) is 19.8 Å². The van der Waals surface area contributed by atoms with Crippen molar-refractivity contribution in [3.05, 3.63) is 18.3 Å². The van der Waals surface area contributed by atoms with Gasteiger partial charge in [0.15, 0.2) is 5.82 Å². The van der Waals surface area contributed by atoms with Crippen LogP contribution >= 0.6 is 0 Å². The molecule has 7 heteroatoms. The van der Waals surface area contributed by atoms with E-state index in [4.69, 9.17) is 9.26 Å². The largest absolute Gasteiger partial charge is 0.379 e. The number of imidazole rings is 1. The molecule has 2 unspecified atom stereocenters. The lowest BCUT2D eigenvalue weighted by Crippen LogP contribution is -2.34. The molecule has 1 aliphatic rings. The maximum Gasteiger partial charge on any atom is 0.238 e.